The van der Waals surface area contributed by atoms with Crippen molar-refractivity contribution in [2.45, 2.75) is 117 Å². The third-order valence-corrected chi connectivity index (χ3v) is 11.4. The minimum absolute atomic E-state index is 0. The third kappa shape index (κ3) is 14.9. The van der Waals surface area contributed by atoms with Gasteiger partial charge in [0, 0.05) is 5.69 Å². The molecule has 0 spiro atoms. The molecule has 1 heterocycles. The van der Waals surface area contributed by atoms with Gasteiger partial charge in [-0.2, -0.15) is 21.9 Å². The molecule has 5 heteroatoms. The molecule has 7 rings (SSSR count). The average molecular weight is 824 g/mol. The Morgan fingerprint density at radius 2 is 0.836 bits per heavy atom. The summed E-state index contributed by atoms with van der Waals surface area (Å²) in [5.41, 5.74) is 12.7. The van der Waals surface area contributed by atoms with Gasteiger partial charge in [0.1, 0.15) is 6.15 Å². The van der Waals surface area contributed by atoms with Crippen LogP contribution in [0.5, 0.6) is 0 Å². The second kappa shape index (κ2) is 25.0. The summed E-state index contributed by atoms with van der Waals surface area (Å²) in [6.07, 6.45) is 22.3. The number of hydrogen-bond acceptors (Lipinski definition) is 2. The molecule has 2 aliphatic carbocycles. The van der Waals surface area contributed by atoms with Crippen LogP contribution in [0.4, 0.5) is 0 Å². The molecule has 2 fully saturated rings. The van der Waals surface area contributed by atoms with Crippen LogP contribution in [-0.2, 0) is 26.2 Å². The summed E-state index contributed by atoms with van der Waals surface area (Å²) in [5.74, 6) is 0. The first-order valence-corrected chi connectivity index (χ1v) is 24.3. The van der Waals surface area contributed by atoms with Crippen molar-refractivity contribution in [3.63, 3.8) is 0 Å². The second-order valence-electron chi connectivity index (χ2n) is 15.9. The van der Waals surface area contributed by atoms with Crippen LogP contribution in [0.3, 0.4) is 0 Å². The Morgan fingerprint density at radius 1 is 0.527 bits per heavy atom. The Balaban J connectivity index is 0.000000237. The van der Waals surface area contributed by atoms with Crippen LogP contribution in [0.1, 0.15) is 107 Å². The van der Waals surface area contributed by atoms with Crippen LogP contribution in [0.2, 0.25) is 19.6 Å². The van der Waals surface area contributed by atoms with Crippen LogP contribution in [0, 0.1) is 19.5 Å². The topological polar surface area (TPSA) is 25.8 Å². The number of aryl methyl sites for hydroxylation is 2. The van der Waals surface area contributed by atoms with Gasteiger partial charge in [-0.1, -0.05) is 230 Å². The molecule has 4 aromatic carbocycles. The maximum atomic E-state index is 4.64. The molecule has 5 aromatic rings. The van der Waals surface area contributed by atoms with Crippen LogP contribution in [0.15, 0.2) is 127 Å². The molecule has 0 radical (unpaired) electrons. The number of rotatable bonds is 9. The van der Waals surface area contributed by atoms with Crippen LogP contribution >= 0.6 is 0 Å². The van der Waals surface area contributed by atoms with Gasteiger partial charge in [-0.15, -0.1) is 0 Å². The molecule has 0 bridgehead atoms. The zero-order chi connectivity index (χ0) is 38.5. The van der Waals surface area contributed by atoms with Gasteiger partial charge >= 0.3 is 26.2 Å². The number of aromatic nitrogens is 2. The van der Waals surface area contributed by atoms with Crippen LogP contribution in [-0.4, -0.2) is 24.2 Å². The van der Waals surface area contributed by atoms with Gasteiger partial charge in [0.15, 0.2) is 0 Å². The molecule has 0 saturated heterocycles. The van der Waals surface area contributed by atoms with Gasteiger partial charge in [0.05, 0.1) is 5.69 Å². The van der Waals surface area contributed by atoms with Crippen molar-refractivity contribution >= 4 is 48.2 Å². The molecule has 0 aliphatic heterocycles. The van der Waals surface area contributed by atoms with Crippen molar-refractivity contribution in [3.05, 3.63) is 156 Å². The van der Waals surface area contributed by atoms with Crippen molar-refractivity contribution < 1.29 is 26.2 Å². The van der Waals surface area contributed by atoms with E-state index >= 15 is 0 Å². The Bertz CT molecular complexity index is 1620. The standard InChI is InChI=1S/C24H20B.C16H25N2Si.2C5H10.Zr/c1-5-13-21(14-6-1)25(22-15-7-2-8-16-22,23-17-9-3-10-18-23)24-19-11-4-12-20-24;1-7-8-9-10-15-13(2)18-16(14(3)17-15)11-12-19(4,5)6;2*1-2-4-5-3-1;/h1-20H;9-11H,7-8H2,1-6H3;2*1-5H2;/q2*-1;;;+2/b;10-9+;;;. The van der Waals surface area contributed by atoms with E-state index in [0.29, 0.717) is 0 Å². The van der Waals surface area contributed by atoms with Crippen LogP contribution in [0.25, 0.3) is 12.2 Å². The Hall–Kier alpha value is -3.40. The minimum atomic E-state index is -1.31. The number of unbranched alkanes of at least 4 members (excludes halogenated alkanes) is 1. The van der Waals surface area contributed by atoms with E-state index in [1.54, 1.807) is 0 Å². The van der Waals surface area contributed by atoms with Gasteiger partial charge in [0.2, 0.25) is 0 Å². The number of hydrogen-bond donors (Lipinski definition) is 0. The van der Waals surface area contributed by atoms with E-state index < -0.39 is 14.2 Å². The van der Waals surface area contributed by atoms with Crippen molar-refractivity contribution in [1.82, 2.24) is 9.97 Å². The maximum absolute atomic E-state index is 4.64. The fourth-order valence-corrected chi connectivity index (χ4v) is 8.04. The summed E-state index contributed by atoms with van der Waals surface area (Å²) in [7, 11) is -1.31. The molecule has 2 saturated carbocycles. The predicted octanol–water partition coefficient (Wildman–Crippen LogP) is 11.6. The number of benzene rings is 4. The summed E-state index contributed by atoms with van der Waals surface area (Å²) in [6, 6.07) is 43.5. The quantitative estimate of drug-likeness (QED) is 0.109. The molecule has 286 valence electrons. The number of nitrogens with zero attached hydrogens (tertiary/aromatic N) is 2. The third-order valence-electron chi connectivity index (χ3n) is 10.4. The zero-order valence-electron chi connectivity index (χ0n) is 34.7. The normalized spacial score (nSPS) is 13.9. The maximum Gasteiger partial charge on any atom is 2.00 e. The van der Waals surface area contributed by atoms with Gasteiger partial charge in [-0.3, -0.25) is 10.7 Å². The Morgan fingerprint density at radius 3 is 1.15 bits per heavy atom. The monoisotopic (exact) mass is 822 g/mol. The fourth-order valence-electron chi connectivity index (χ4n) is 7.47. The summed E-state index contributed by atoms with van der Waals surface area (Å²) >= 11 is 0. The van der Waals surface area contributed by atoms with Crippen LogP contribution < -0.4 is 21.9 Å². The van der Waals surface area contributed by atoms with E-state index in [1.165, 1.54) is 86.1 Å². The average Bonchev–Trinajstić information content (AvgIpc) is 3.99. The van der Waals surface area contributed by atoms with Crippen molar-refractivity contribution in [1.29, 1.82) is 0 Å². The van der Waals surface area contributed by atoms with E-state index in [-0.39, 0.29) is 26.2 Å². The first-order chi connectivity index (χ1) is 26.3. The summed E-state index contributed by atoms with van der Waals surface area (Å²) in [5, 5.41) is 0. The van der Waals surface area contributed by atoms with Gasteiger partial charge in [-0.05, 0) is 40.1 Å². The van der Waals surface area contributed by atoms with E-state index in [1.807, 2.05) is 19.9 Å². The molecule has 0 amide bonds. The molecule has 0 unspecified atom stereocenters. The molecule has 2 nitrogen and oxygen atoms in total. The van der Waals surface area contributed by atoms with Crippen molar-refractivity contribution in [3.8, 4) is 0 Å². The zero-order valence-corrected chi connectivity index (χ0v) is 38.2. The first-order valence-electron chi connectivity index (χ1n) is 20.8. The van der Waals surface area contributed by atoms with Crippen molar-refractivity contribution in [2.24, 2.45) is 0 Å². The molecule has 2 aliphatic rings. The minimum Gasteiger partial charge on any atom is -0.344 e. The summed E-state index contributed by atoms with van der Waals surface area (Å²) in [6.45, 7) is 13.0. The first kappa shape index (κ1) is 46.0. The molecule has 0 atom stereocenters. The Labute approximate surface area is 355 Å². The van der Waals surface area contributed by atoms with Gasteiger partial charge in [-0.25, -0.2) is 6.08 Å². The molecule has 0 N–H and O–H groups in total. The number of allylic oxidation sites excluding steroid dienone is 1. The van der Waals surface area contributed by atoms with E-state index in [0.717, 1.165) is 35.6 Å². The largest absolute Gasteiger partial charge is 2.00 e. The molecular weight excluding hydrogens is 759 g/mol. The fraction of sp³-hybridized carbons (Fsp3) is 0.360. The Kier molecular flexibility index (Phi) is 20.9. The predicted molar refractivity (Wildman–Crippen MR) is 243 cm³/mol. The van der Waals surface area contributed by atoms with E-state index in [2.05, 4.69) is 176 Å². The molecule has 1 aromatic heterocycles. The van der Waals surface area contributed by atoms with E-state index in [4.69, 9.17) is 0 Å². The molecular formula is C50H65BN2SiZr. The van der Waals surface area contributed by atoms with Gasteiger partial charge in [0.25, 0.3) is 0 Å². The molecule has 55 heavy (non-hydrogen) atoms. The van der Waals surface area contributed by atoms with Gasteiger partial charge < -0.3 is 4.98 Å². The summed E-state index contributed by atoms with van der Waals surface area (Å²) in [4.78, 5) is 9.28. The van der Waals surface area contributed by atoms with E-state index in [9.17, 15) is 0 Å². The smallest absolute Gasteiger partial charge is 0.344 e. The summed E-state index contributed by atoms with van der Waals surface area (Å²) < 4.78 is 0. The van der Waals surface area contributed by atoms with Crippen molar-refractivity contribution in [2.75, 3.05) is 0 Å². The second-order valence-corrected chi connectivity index (χ2v) is 20.7. The SMILES string of the molecule is C1CCCC1.C1CCCC1.CCC/C=C/c1nc(C)c(C=[C-][Si](C)(C)C)nc1C.[Zr+2].c1ccc([B-](c2ccccc2)(c2ccccc2)c2ccccc2)cc1.